The third kappa shape index (κ3) is 6.99. The highest BCUT2D eigenvalue weighted by molar-refractivity contribution is 4.72. The molecule has 0 fully saturated rings. The van der Waals surface area contributed by atoms with Gasteiger partial charge in [-0.25, -0.2) is 0 Å². The van der Waals surface area contributed by atoms with Crippen molar-refractivity contribution >= 4 is 0 Å². The van der Waals surface area contributed by atoms with E-state index < -0.39 is 0 Å². The molecule has 0 unspecified atom stereocenters. The Morgan fingerprint density at radius 3 is 3.11 bits per heavy atom. The minimum atomic E-state index is 0.375. The first-order chi connectivity index (χ1) is 4.41. The van der Waals surface area contributed by atoms with Gasteiger partial charge in [-0.05, 0) is 0 Å². The van der Waals surface area contributed by atoms with Crippen LogP contribution in [0.5, 0.6) is 0 Å². The minimum absolute atomic E-state index is 0.375. The molecule has 0 bridgehead atoms. The summed E-state index contributed by atoms with van der Waals surface area (Å²) in [6.07, 6.45) is 1.38. The zero-order valence-electron chi connectivity index (χ0n) is 5.26. The van der Waals surface area contributed by atoms with E-state index in [1.165, 1.54) is 6.26 Å². The summed E-state index contributed by atoms with van der Waals surface area (Å²) in [7, 11) is 0. The second-order valence-corrected chi connectivity index (χ2v) is 1.37. The molecule has 0 aromatic heterocycles. The zero-order valence-corrected chi connectivity index (χ0v) is 5.26. The van der Waals surface area contributed by atoms with Gasteiger partial charge in [-0.2, -0.15) is 5.26 Å². The van der Waals surface area contributed by atoms with Crippen LogP contribution in [0.1, 0.15) is 0 Å². The maximum atomic E-state index is 8.05. The van der Waals surface area contributed by atoms with E-state index in [-0.39, 0.29) is 0 Å². The summed E-state index contributed by atoms with van der Waals surface area (Å²) >= 11 is 0. The van der Waals surface area contributed by atoms with E-state index in [4.69, 9.17) is 10.00 Å². The minimum Gasteiger partial charge on any atom is -0.500 e. The van der Waals surface area contributed by atoms with Crippen molar-refractivity contribution in [2.75, 3.05) is 19.7 Å². The number of hydrogen-bond acceptors (Lipinski definition) is 3. The highest BCUT2D eigenvalue weighted by atomic mass is 16.5. The second kappa shape index (κ2) is 6.99. The third-order valence-electron chi connectivity index (χ3n) is 0.719. The van der Waals surface area contributed by atoms with E-state index in [2.05, 4.69) is 11.9 Å². The first-order valence-electron chi connectivity index (χ1n) is 2.72. The highest BCUT2D eigenvalue weighted by Crippen LogP contribution is 1.69. The second-order valence-electron chi connectivity index (χ2n) is 1.37. The summed E-state index contributed by atoms with van der Waals surface area (Å²) in [5.74, 6) is 0. The monoisotopic (exact) mass is 126 g/mol. The van der Waals surface area contributed by atoms with Gasteiger partial charge in [-0.15, -0.1) is 0 Å². The largest absolute Gasteiger partial charge is 0.500 e. The number of nitrogens with zero attached hydrogens (tertiary/aromatic N) is 1. The quantitative estimate of drug-likeness (QED) is 0.326. The summed E-state index contributed by atoms with van der Waals surface area (Å²) in [6, 6.07) is 1.95. The van der Waals surface area contributed by atoms with E-state index in [9.17, 15) is 0 Å². The average Bonchev–Trinajstić information content (AvgIpc) is 1.89. The molecular weight excluding hydrogens is 116 g/mol. The molecule has 0 rings (SSSR count). The SMILES string of the molecule is C=COCCNCC#N. The molecule has 0 radical (unpaired) electrons. The normalized spacial score (nSPS) is 7.89. The number of hydrogen-bond donors (Lipinski definition) is 1. The van der Waals surface area contributed by atoms with Gasteiger partial charge in [0.2, 0.25) is 0 Å². The molecule has 0 aromatic rings. The summed E-state index contributed by atoms with van der Waals surface area (Å²) in [5.41, 5.74) is 0. The van der Waals surface area contributed by atoms with Gasteiger partial charge in [-0.1, -0.05) is 6.58 Å². The predicted molar refractivity (Wildman–Crippen MR) is 34.6 cm³/mol. The molecule has 3 nitrogen and oxygen atoms in total. The van der Waals surface area contributed by atoms with Gasteiger partial charge >= 0.3 is 0 Å². The van der Waals surface area contributed by atoms with E-state index in [0.29, 0.717) is 19.7 Å². The van der Waals surface area contributed by atoms with Crippen LogP contribution in [-0.4, -0.2) is 19.7 Å². The van der Waals surface area contributed by atoms with Gasteiger partial charge in [0.25, 0.3) is 0 Å². The van der Waals surface area contributed by atoms with Crippen molar-refractivity contribution in [1.29, 1.82) is 5.26 Å². The molecule has 0 aliphatic carbocycles. The van der Waals surface area contributed by atoms with Crippen LogP contribution in [-0.2, 0) is 4.74 Å². The molecule has 0 heterocycles. The summed E-state index contributed by atoms with van der Waals surface area (Å²) < 4.78 is 4.77. The molecule has 50 valence electrons. The molecule has 1 N–H and O–H groups in total. The molecule has 0 aromatic carbocycles. The van der Waals surface area contributed by atoms with Crippen molar-refractivity contribution in [3.05, 3.63) is 12.8 Å². The predicted octanol–water partition coefficient (Wildman–Crippen LogP) is 0.260. The highest BCUT2D eigenvalue weighted by Gasteiger charge is 1.81. The van der Waals surface area contributed by atoms with Crippen LogP contribution >= 0.6 is 0 Å². The van der Waals surface area contributed by atoms with E-state index in [1.54, 1.807) is 0 Å². The molecule has 0 aliphatic heterocycles. The summed E-state index contributed by atoms with van der Waals surface area (Å²) in [6.45, 7) is 5.01. The van der Waals surface area contributed by atoms with Crippen molar-refractivity contribution in [3.8, 4) is 6.07 Å². The standard InChI is InChI=1S/C6H10N2O/c1-2-9-6-5-8-4-3-7/h2,8H,1,4-6H2. The number of rotatable bonds is 5. The first-order valence-corrected chi connectivity index (χ1v) is 2.72. The molecule has 3 heteroatoms. The van der Waals surface area contributed by atoms with Crippen molar-refractivity contribution in [2.45, 2.75) is 0 Å². The Hall–Kier alpha value is -1.01. The summed E-state index contributed by atoms with van der Waals surface area (Å²) in [5, 5.41) is 10.9. The number of nitrogens with one attached hydrogen (secondary N) is 1. The Labute approximate surface area is 54.9 Å². The van der Waals surface area contributed by atoms with Crippen LogP contribution in [0.25, 0.3) is 0 Å². The lowest BCUT2D eigenvalue weighted by atomic mass is 10.6. The molecule has 0 saturated heterocycles. The maximum absolute atomic E-state index is 8.05. The third-order valence-corrected chi connectivity index (χ3v) is 0.719. The lowest BCUT2D eigenvalue weighted by Gasteiger charge is -1.97. The molecular formula is C6H10N2O. The van der Waals surface area contributed by atoms with E-state index >= 15 is 0 Å². The van der Waals surface area contributed by atoms with Gasteiger partial charge < -0.3 is 10.1 Å². The number of nitriles is 1. The topological polar surface area (TPSA) is 45.0 Å². The Kier molecular flexibility index (Phi) is 6.21. The van der Waals surface area contributed by atoms with Crippen molar-refractivity contribution in [3.63, 3.8) is 0 Å². The Morgan fingerprint density at radius 1 is 1.78 bits per heavy atom. The van der Waals surface area contributed by atoms with Crippen LogP contribution in [0.2, 0.25) is 0 Å². The average molecular weight is 126 g/mol. The lowest BCUT2D eigenvalue weighted by molar-refractivity contribution is 0.252. The Morgan fingerprint density at radius 2 is 2.56 bits per heavy atom. The first kappa shape index (κ1) is 7.99. The van der Waals surface area contributed by atoms with Crippen LogP contribution < -0.4 is 5.32 Å². The van der Waals surface area contributed by atoms with E-state index in [1.807, 2.05) is 6.07 Å². The van der Waals surface area contributed by atoms with Gasteiger partial charge in [0, 0.05) is 6.54 Å². The molecule has 0 amide bonds. The van der Waals surface area contributed by atoms with Gasteiger partial charge in [0.15, 0.2) is 0 Å². The van der Waals surface area contributed by atoms with Gasteiger partial charge in [0.1, 0.15) is 0 Å². The molecule has 0 spiro atoms. The van der Waals surface area contributed by atoms with Gasteiger partial charge in [-0.3, -0.25) is 0 Å². The Bertz CT molecular complexity index is 106. The van der Waals surface area contributed by atoms with Crippen LogP contribution in [0, 0.1) is 11.3 Å². The fourth-order valence-electron chi connectivity index (χ4n) is 0.359. The molecule has 0 aliphatic rings. The van der Waals surface area contributed by atoms with Crippen molar-refractivity contribution in [1.82, 2.24) is 5.32 Å². The maximum Gasteiger partial charge on any atom is 0.0997 e. The van der Waals surface area contributed by atoms with Gasteiger partial charge in [0.05, 0.1) is 25.5 Å². The number of ether oxygens (including phenoxy) is 1. The lowest BCUT2D eigenvalue weighted by Crippen LogP contribution is -2.18. The smallest absolute Gasteiger partial charge is 0.0997 e. The van der Waals surface area contributed by atoms with Crippen molar-refractivity contribution < 1.29 is 4.74 Å². The van der Waals surface area contributed by atoms with Crippen LogP contribution in [0.15, 0.2) is 12.8 Å². The summed E-state index contributed by atoms with van der Waals surface area (Å²) in [4.78, 5) is 0. The van der Waals surface area contributed by atoms with E-state index in [0.717, 1.165) is 0 Å². The fourth-order valence-corrected chi connectivity index (χ4v) is 0.359. The van der Waals surface area contributed by atoms with Crippen LogP contribution in [0.3, 0.4) is 0 Å². The molecule has 0 saturated carbocycles. The molecule has 0 atom stereocenters. The fraction of sp³-hybridized carbons (Fsp3) is 0.500. The Balaban J connectivity index is 2.76. The molecule has 9 heavy (non-hydrogen) atoms. The zero-order chi connectivity index (χ0) is 6.95. The van der Waals surface area contributed by atoms with Crippen molar-refractivity contribution in [2.24, 2.45) is 0 Å². The van der Waals surface area contributed by atoms with Crippen LogP contribution in [0.4, 0.5) is 0 Å².